The first-order chi connectivity index (χ1) is 16.8. The number of rotatable bonds is 9. The molecule has 2 heterocycles. The highest BCUT2D eigenvalue weighted by Crippen LogP contribution is 2.25. The van der Waals surface area contributed by atoms with Gasteiger partial charge in [-0.25, -0.2) is 22.8 Å². The number of aryl methyl sites for hydroxylation is 1. The number of amides is 1. The van der Waals surface area contributed by atoms with Gasteiger partial charge in [-0.3, -0.25) is 4.79 Å². The van der Waals surface area contributed by atoms with Gasteiger partial charge < -0.3 is 5.32 Å². The van der Waals surface area contributed by atoms with Gasteiger partial charge in [0.15, 0.2) is 5.65 Å². The van der Waals surface area contributed by atoms with E-state index < -0.39 is 10.0 Å². The van der Waals surface area contributed by atoms with Gasteiger partial charge in [0, 0.05) is 24.7 Å². The molecule has 2 N–H and O–H groups in total. The van der Waals surface area contributed by atoms with Gasteiger partial charge in [0.05, 0.1) is 28.6 Å². The van der Waals surface area contributed by atoms with Crippen LogP contribution < -0.4 is 10.0 Å². The normalized spacial score (nSPS) is 11.8. The van der Waals surface area contributed by atoms with Crippen LogP contribution in [0.15, 0.2) is 66.9 Å². The maximum atomic E-state index is 13.2. The number of benzene rings is 2. The zero-order chi connectivity index (χ0) is 25.0. The van der Waals surface area contributed by atoms with Crippen molar-refractivity contribution in [3.63, 3.8) is 0 Å². The number of hydrogen-bond donors (Lipinski definition) is 2. The Morgan fingerprint density at radius 3 is 2.37 bits per heavy atom. The van der Waals surface area contributed by atoms with E-state index in [-0.39, 0.29) is 17.7 Å². The smallest absolute Gasteiger partial charge is 0.252 e. The molecule has 0 unspecified atom stereocenters. The van der Waals surface area contributed by atoms with Crippen LogP contribution in [-0.2, 0) is 28.9 Å². The van der Waals surface area contributed by atoms with Crippen LogP contribution in [0.25, 0.3) is 22.3 Å². The Morgan fingerprint density at radius 1 is 1.03 bits per heavy atom. The van der Waals surface area contributed by atoms with E-state index in [1.807, 2.05) is 49.4 Å². The van der Waals surface area contributed by atoms with Gasteiger partial charge in [0.25, 0.3) is 5.91 Å². The monoisotopic (exact) mass is 491 g/mol. The number of carbonyl (C=O) groups is 1. The molecular formula is C26H29N5O3S. The van der Waals surface area contributed by atoms with Crippen molar-refractivity contribution in [1.29, 1.82) is 0 Å². The van der Waals surface area contributed by atoms with E-state index in [2.05, 4.69) is 15.1 Å². The van der Waals surface area contributed by atoms with Crippen molar-refractivity contribution < 1.29 is 13.2 Å². The molecule has 0 saturated heterocycles. The minimum Gasteiger partial charge on any atom is -0.348 e. The topological polar surface area (TPSA) is 106 Å². The highest BCUT2D eigenvalue weighted by atomic mass is 32.2. The zero-order valence-corrected chi connectivity index (χ0v) is 20.8. The second kappa shape index (κ2) is 10.4. The number of nitrogens with one attached hydrogen (secondary N) is 2. The van der Waals surface area contributed by atoms with Gasteiger partial charge in [-0.15, -0.1) is 0 Å². The van der Waals surface area contributed by atoms with E-state index >= 15 is 0 Å². The van der Waals surface area contributed by atoms with Crippen molar-refractivity contribution in [2.24, 2.45) is 0 Å². The molecule has 9 heteroatoms. The summed E-state index contributed by atoms with van der Waals surface area (Å²) in [7, 11) is -3.39. The summed E-state index contributed by atoms with van der Waals surface area (Å²) in [6, 6.07) is 18.6. The lowest BCUT2D eigenvalue weighted by atomic mass is 10.1. The minimum atomic E-state index is -3.39. The fraction of sp³-hybridized carbons (Fsp3) is 0.269. The molecule has 35 heavy (non-hydrogen) atoms. The first-order valence-electron chi connectivity index (χ1n) is 11.5. The molecule has 0 fully saturated rings. The molecule has 0 spiro atoms. The van der Waals surface area contributed by atoms with E-state index in [0.717, 1.165) is 11.1 Å². The summed E-state index contributed by atoms with van der Waals surface area (Å²) in [6.07, 6.45) is 1.68. The summed E-state index contributed by atoms with van der Waals surface area (Å²) in [6.45, 7) is 6.51. The third kappa shape index (κ3) is 5.93. The minimum absolute atomic E-state index is 0.0868. The molecule has 2 aromatic carbocycles. The maximum Gasteiger partial charge on any atom is 0.252 e. The van der Waals surface area contributed by atoms with Crippen molar-refractivity contribution >= 4 is 27.0 Å². The zero-order valence-electron chi connectivity index (χ0n) is 20.0. The molecule has 1 amide bonds. The molecule has 0 radical (unpaired) electrons. The molecule has 0 saturated carbocycles. The fourth-order valence-corrected chi connectivity index (χ4v) is 5.31. The Labute approximate surface area is 205 Å². The molecule has 4 rings (SSSR count). The van der Waals surface area contributed by atoms with E-state index in [4.69, 9.17) is 4.98 Å². The lowest BCUT2D eigenvalue weighted by Gasteiger charge is -2.11. The largest absolute Gasteiger partial charge is 0.348 e. The average molecular weight is 492 g/mol. The number of aromatic nitrogens is 3. The molecule has 0 bridgehead atoms. The van der Waals surface area contributed by atoms with E-state index in [1.165, 1.54) is 0 Å². The molecule has 182 valence electrons. The van der Waals surface area contributed by atoms with Crippen LogP contribution in [-0.4, -0.2) is 35.1 Å². The number of nitrogens with zero attached hydrogens (tertiary/aromatic N) is 3. The third-order valence-electron chi connectivity index (χ3n) is 5.47. The van der Waals surface area contributed by atoms with Crippen molar-refractivity contribution in [3.8, 4) is 11.3 Å². The summed E-state index contributed by atoms with van der Waals surface area (Å²) >= 11 is 0. The van der Waals surface area contributed by atoms with Crippen LogP contribution in [0.1, 0.15) is 42.3 Å². The Kier molecular flexibility index (Phi) is 7.28. The lowest BCUT2D eigenvalue weighted by molar-refractivity contribution is 0.0952. The first kappa shape index (κ1) is 24.6. The quantitative estimate of drug-likeness (QED) is 0.370. The maximum absolute atomic E-state index is 13.2. The molecule has 0 aliphatic carbocycles. The molecule has 0 aliphatic heterocycles. The Hall–Kier alpha value is -3.56. The summed E-state index contributed by atoms with van der Waals surface area (Å²) in [5.74, 6) is -0.311. The number of sulfonamides is 1. The van der Waals surface area contributed by atoms with Gasteiger partial charge >= 0.3 is 0 Å². The summed E-state index contributed by atoms with van der Waals surface area (Å²) in [5, 5.41) is 8.06. The Bertz CT molecular complexity index is 1430. The Morgan fingerprint density at radius 2 is 1.71 bits per heavy atom. The van der Waals surface area contributed by atoms with Gasteiger partial charge in [-0.2, -0.15) is 5.10 Å². The van der Waals surface area contributed by atoms with Crippen molar-refractivity contribution in [2.45, 2.75) is 45.7 Å². The highest BCUT2D eigenvalue weighted by molar-refractivity contribution is 7.88. The average Bonchev–Trinajstić information content (AvgIpc) is 3.25. The molecular weight excluding hydrogens is 462 g/mol. The number of carbonyl (C=O) groups excluding carboxylic acids is 1. The predicted molar refractivity (Wildman–Crippen MR) is 137 cm³/mol. The van der Waals surface area contributed by atoms with E-state index in [1.54, 1.807) is 42.9 Å². The summed E-state index contributed by atoms with van der Waals surface area (Å²) in [5.41, 5.74) is 4.36. The lowest BCUT2D eigenvalue weighted by Crippen LogP contribution is -2.31. The second-order valence-electron chi connectivity index (χ2n) is 8.65. The molecule has 0 atom stereocenters. The number of pyridine rings is 1. The second-order valence-corrected chi connectivity index (χ2v) is 10.4. The van der Waals surface area contributed by atoms with E-state index in [9.17, 15) is 13.2 Å². The van der Waals surface area contributed by atoms with Crippen LogP contribution in [0.3, 0.4) is 0 Å². The van der Waals surface area contributed by atoms with Crippen molar-refractivity contribution in [1.82, 2.24) is 24.8 Å². The van der Waals surface area contributed by atoms with Crippen molar-refractivity contribution in [3.05, 3.63) is 83.6 Å². The van der Waals surface area contributed by atoms with Crippen LogP contribution in [0.4, 0.5) is 0 Å². The molecule has 8 nitrogen and oxygen atoms in total. The molecule has 4 aromatic rings. The molecule has 0 aliphatic rings. The summed E-state index contributed by atoms with van der Waals surface area (Å²) < 4.78 is 28.7. The van der Waals surface area contributed by atoms with Gasteiger partial charge in [-0.05, 0) is 38.0 Å². The summed E-state index contributed by atoms with van der Waals surface area (Å²) in [4.78, 5) is 18.0. The van der Waals surface area contributed by atoms with Crippen LogP contribution in [0.5, 0.6) is 0 Å². The van der Waals surface area contributed by atoms with E-state index in [0.29, 0.717) is 40.9 Å². The van der Waals surface area contributed by atoms with Gasteiger partial charge in [0.1, 0.15) is 0 Å². The number of fused-ring (bicyclic) bond motifs is 1. The van der Waals surface area contributed by atoms with Crippen LogP contribution >= 0.6 is 0 Å². The van der Waals surface area contributed by atoms with Crippen LogP contribution in [0, 0.1) is 0 Å². The van der Waals surface area contributed by atoms with Crippen LogP contribution in [0.2, 0.25) is 0 Å². The predicted octanol–water partition coefficient (Wildman–Crippen LogP) is 3.88. The SMILES string of the molecule is CCn1ncc2c(C(=O)NCc3ccc(CS(=O)(=O)NC(C)C)cc3)cc(-c3ccccc3)nc21. The standard InChI is InChI=1S/C26H29N5O3S/c1-4-31-25-23(16-28-31)22(14-24(29-25)21-8-6-5-7-9-21)26(32)27-15-19-10-12-20(13-11-19)17-35(33,34)30-18(2)3/h5-14,16,18,30H,4,15,17H2,1-3H3,(H,27,32). The number of hydrogen-bond acceptors (Lipinski definition) is 5. The first-order valence-corrected chi connectivity index (χ1v) is 13.2. The Balaban J connectivity index is 1.53. The van der Waals surface area contributed by atoms with Gasteiger partial charge in [0.2, 0.25) is 10.0 Å². The van der Waals surface area contributed by atoms with Gasteiger partial charge in [-0.1, -0.05) is 54.6 Å². The highest BCUT2D eigenvalue weighted by Gasteiger charge is 2.17. The molecule has 2 aromatic heterocycles. The third-order valence-corrected chi connectivity index (χ3v) is 7.01. The van der Waals surface area contributed by atoms with Crippen molar-refractivity contribution in [2.75, 3.05) is 0 Å². The fourth-order valence-electron chi connectivity index (χ4n) is 3.87.